The van der Waals surface area contributed by atoms with Crippen molar-refractivity contribution in [3.05, 3.63) is 48.5 Å². The summed E-state index contributed by atoms with van der Waals surface area (Å²) in [5.74, 6) is -0.483. The van der Waals surface area contributed by atoms with Crippen LogP contribution in [-0.2, 0) is 0 Å². The summed E-state index contributed by atoms with van der Waals surface area (Å²) < 4.78 is 12.7. The van der Waals surface area contributed by atoms with E-state index in [0.717, 1.165) is 0 Å². The zero-order valence-corrected chi connectivity index (χ0v) is 6.81. The maximum Gasteiger partial charge on any atom is 0.213 e. The number of aromatic nitrogens is 2. The number of rotatable bonds is 1. The van der Waals surface area contributed by atoms with Gasteiger partial charge < -0.3 is 0 Å². The molecule has 0 saturated carbocycles. The molecular formula is C10H7FN2. The van der Waals surface area contributed by atoms with Crippen LogP contribution >= 0.6 is 0 Å². The minimum atomic E-state index is -0.483. The first-order valence-electron chi connectivity index (χ1n) is 3.90. The second kappa shape index (κ2) is 3.31. The van der Waals surface area contributed by atoms with Gasteiger partial charge in [0.15, 0.2) is 0 Å². The van der Waals surface area contributed by atoms with Gasteiger partial charge in [-0.05, 0) is 24.3 Å². The minimum absolute atomic E-state index is 0.483. The van der Waals surface area contributed by atoms with Crippen LogP contribution in [0.25, 0.3) is 11.4 Å². The first kappa shape index (κ1) is 7.86. The highest BCUT2D eigenvalue weighted by Crippen LogP contribution is 2.12. The molecule has 0 amide bonds. The molecule has 0 aliphatic heterocycles. The SMILES string of the molecule is Fc1cccc(-c2ccccn2)n1. The van der Waals surface area contributed by atoms with Crippen molar-refractivity contribution >= 4 is 0 Å². The van der Waals surface area contributed by atoms with Gasteiger partial charge in [0.05, 0.1) is 11.4 Å². The van der Waals surface area contributed by atoms with Gasteiger partial charge in [0.25, 0.3) is 0 Å². The third kappa shape index (κ3) is 1.69. The lowest BCUT2D eigenvalue weighted by molar-refractivity contribution is 0.585. The Hall–Kier alpha value is -1.77. The Morgan fingerprint density at radius 2 is 1.77 bits per heavy atom. The molecule has 2 heterocycles. The van der Waals surface area contributed by atoms with Crippen molar-refractivity contribution in [1.29, 1.82) is 0 Å². The zero-order chi connectivity index (χ0) is 9.10. The number of hydrogen-bond donors (Lipinski definition) is 0. The fraction of sp³-hybridized carbons (Fsp3) is 0. The van der Waals surface area contributed by atoms with E-state index in [9.17, 15) is 4.39 Å². The molecule has 0 atom stereocenters. The van der Waals surface area contributed by atoms with Crippen LogP contribution in [0, 0.1) is 5.95 Å². The van der Waals surface area contributed by atoms with Crippen LogP contribution in [-0.4, -0.2) is 9.97 Å². The average molecular weight is 174 g/mol. The normalized spacial score (nSPS) is 9.92. The summed E-state index contributed by atoms with van der Waals surface area (Å²) in [6, 6.07) is 10.1. The quantitative estimate of drug-likeness (QED) is 0.620. The molecule has 0 radical (unpaired) electrons. The van der Waals surface area contributed by atoms with E-state index in [1.54, 1.807) is 24.4 Å². The van der Waals surface area contributed by atoms with Gasteiger partial charge in [-0.3, -0.25) is 4.98 Å². The lowest BCUT2D eigenvalue weighted by Gasteiger charge is -1.97. The van der Waals surface area contributed by atoms with Gasteiger partial charge >= 0.3 is 0 Å². The molecule has 2 nitrogen and oxygen atoms in total. The van der Waals surface area contributed by atoms with Crippen molar-refractivity contribution in [2.45, 2.75) is 0 Å². The van der Waals surface area contributed by atoms with E-state index in [4.69, 9.17) is 0 Å². The van der Waals surface area contributed by atoms with Crippen LogP contribution < -0.4 is 0 Å². The Morgan fingerprint density at radius 3 is 2.46 bits per heavy atom. The number of nitrogens with zero attached hydrogens (tertiary/aromatic N) is 2. The Kier molecular flexibility index (Phi) is 2.00. The molecule has 0 aliphatic carbocycles. The lowest BCUT2D eigenvalue weighted by atomic mass is 10.2. The molecule has 0 bridgehead atoms. The largest absolute Gasteiger partial charge is 0.255 e. The summed E-state index contributed by atoms with van der Waals surface area (Å²) in [7, 11) is 0. The first-order valence-corrected chi connectivity index (χ1v) is 3.90. The fourth-order valence-corrected chi connectivity index (χ4v) is 1.07. The standard InChI is InChI=1S/C10H7FN2/c11-10-6-3-5-9(13-10)8-4-1-2-7-12-8/h1-7H. The highest BCUT2D eigenvalue weighted by Gasteiger charge is 1.99. The Bertz CT molecular complexity index is 401. The third-order valence-electron chi connectivity index (χ3n) is 1.64. The predicted octanol–water partition coefficient (Wildman–Crippen LogP) is 2.28. The van der Waals surface area contributed by atoms with E-state index >= 15 is 0 Å². The fourth-order valence-electron chi connectivity index (χ4n) is 1.07. The van der Waals surface area contributed by atoms with Crippen molar-refractivity contribution in [3.8, 4) is 11.4 Å². The van der Waals surface area contributed by atoms with Crippen LogP contribution in [0.2, 0.25) is 0 Å². The molecular weight excluding hydrogens is 167 g/mol. The molecule has 2 rings (SSSR count). The highest BCUT2D eigenvalue weighted by molar-refractivity contribution is 5.52. The lowest BCUT2D eigenvalue weighted by Crippen LogP contribution is -1.88. The molecule has 2 aromatic rings. The summed E-state index contributed by atoms with van der Waals surface area (Å²) in [5.41, 5.74) is 1.24. The summed E-state index contributed by atoms with van der Waals surface area (Å²) >= 11 is 0. The molecule has 0 unspecified atom stereocenters. The van der Waals surface area contributed by atoms with E-state index in [1.165, 1.54) is 6.07 Å². The van der Waals surface area contributed by atoms with Crippen molar-refractivity contribution in [2.75, 3.05) is 0 Å². The molecule has 3 heteroatoms. The number of pyridine rings is 2. The zero-order valence-electron chi connectivity index (χ0n) is 6.81. The molecule has 0 spiro atoms. The Balaban J connectivity index is 2.48. The number of hydrogen-bond acceptors (Lipinski definition) is 2. The second-order valence-corrected chi connectivity index (χ2v) is 2.56. The van der Waals surface area contributed by atoms with E-state index < -0.39 is 5.95 Å². The molecule has 0 aromatic carbocycles. The molecule has 64 valence electrons. The smallest absolute Gasteiger partial charge is 0.213 e. The van der Waals surface area contributed by atoms with Gasteiger partial charge in [-0.2, -0.15) is 4.39 Å². The van der Waals surface area contributed by atoms with E-state index in [1.807, 2.05) is 12.1 Å². The monoisotopic (exact) mass is 174 g/mol. The van der Waals surface area contributed by atoms with Crippen LogP contribution in [0.5, 0.6) is 0 Å². The van der Waals surface area contributed by atoms with Crippen molar-refractivity contribution in [2.24, 2.45) is 0 Å². The number of halogens is 1. The van der Waals surface area contributed by atoms with E-state index in [0.29, 0.717) is 11.4 Å². The highest BCUT2D eigenvalue weighted by atomic mass is 19.1. The van der Waals surface area contributed by atoms with Crippen molar-refractivity contribution in [1.82, 2.24) is 9.97 Å². The second-order valence-electron chi connectivity index (χ2n) is 2.56. The summed E-state index contributed by atoms with van der Waals surface area (Å²) in [6.45, 7) is 0. The van der Waals surface area contributed by atoms with Gasteiger partial charge in [0.2, 0.25) is 5.95 Å². The van der Waals surface area contributed by atoms with Gasteiger partial charge in [-0.1, -0.05) is 12.1 Å². The summed E-state index contributed by atoms with van der Waals surface area (Å²) in [4.78, 5) is 7.78. The molecule has 0 N–H and O–H groups in total. The minimum Gasteiger partial charge on any atom is -0.255 e. The average Bonchev–Trinajstić information content (AvgIpc) is 2.19. The first-order chi connectivity index (χ1) is 6.36. The van der Waals surface area contributed by atoms with Gasteiger partial charge in [0, 0.05) is 6.20 Å². The van der Waals surface area contributed by atoms with Crippen LogP contribution in [0.15, 0.2) is 42.6 Å². The maximum atomic E-state index is 12.7. The Labute approximate surface area is 75.1 Å². The van der Waals surface area contributed by atoms with E-state index in [-0.39, 0.29) is 0 Å². The Morgan fingerprint density at radius 1 is 0.923 bits per heavy atom. The molecule has 2 aromatic heterocycles. The maximum absolute atomic E-state index is 12.7. The van der Waals surface area contributed by atoms with Crippen LogP contribution in [0.4, 0.5) is 4.39 Å². The molecule has 0 saturated heterocycles. The van der Waals surface area contributed by atoms with Crippen LogP contribution in [0.3, 0.4) is 0 Å². The van der Waals surface area contributed by atoms with Crippen molar-refractivity contribution in [3.63, 3.8) is 0 Å². The predicted molar refractivity (Wildman–Crippen MR) is 47.4 cm³/mol. The van der Waals surface area contributed by atoms with Gasteiger partial charge in [-0.25, -0.2) is 4.98 Å². The van der Waals surface area contributed by atoms with Crippen LogP contribution in [0.1, 0.15) is 0 Å². The van der Waals surface area contributed by atoms with Crippen molar-refractivity contribution < 1.29 is 4.39 Å². The molecule has 0 aliphatic rings. The van der Waals surface area contributed by atoms with Gasteiger partial charge in [0.1, 0.15) is 0 Å². The van der Waals surface area contributed by atoms with E-state index in [2.05, 4.69) is 9.97 Å². The summed E-state index contributed by atoms with van der Waals surface area (Å²) in [5, 5.41) is 0. The summed E-state index contributed by atoms with van der Waals surface area (Å²) in [6.07, 6.45) is 1.65. The topological polar surface area (TPSA) is 25.8 Å². The van der Waals surface area contributed by atoms with Gasteiger partial charge in [-0.15, -0.1) is 0 Å². The molecule has 13 heavy (non-hydrogen) atoms. The third-order valence-corrected chi connectivity index (χ3v) is 1.64. The molecule has 0 fully saturated rings.